The van der Waals surface area contributed by atoms with E-state index in [0.717, 1.165) is 17.0 Å². The summed E-state index contributed by atoms with van der Waals surface area (Å²) in [6.45, 7) is 2.44. The van der Waals surface area contributed by atoms with Gasteiger partial charge in [0.15, 0.2) is 11.6 Å². The Kier molecular flexibility index (Phi) is 3.87. The molecule has 1 fully saturated rings. The first kappa shape index (κ1) is 14.1. The van der Waals surface area contributed by atoms with E-state index >= 15 is 0 Å². The first-order chi connectivity index (χ1) is 11.4. The smallest absolute Gasteiger partial charge is 0.181 e. The predicted molar refractivity (Wildman–Crippen MR) is 83.6 cm³/mol. The zero-order valence-electron chi connectivity index (χ0n) is 12.6. The van der Waals surface area contributed by atoms with Gasteiger partial charge in [0.1, 0.15) is 6.10 Å². The maximum Gasteiger partial charge on any atom is 0.181 e. The maximum atomic E-state index is 5.73. The highest BCUT2D eigenvalue weighted by molar-refractivity contribution is 5.60. The van der Waals surface area contributed by atoms with Gasteiger partial charge < -0.3 is 9.47 Å². The number of aromatic nitrogens is 5. The first-order valence-electron chi connectivity index (χ1n) is 7.59. The molecule has 7 heteroatoms. The van der Waals surface area contributed by atoms with Gasteiger partial charge in [-0.2, -0.15) is 10.2 Å². The average Bonchev–Trinajstić information content (AvgIpc) is 3.26. The molecule has 23 heavy (non-hydrogen) atoms. The third-order valence-electron chi connectivity index (χ3n) is 3.72. The minimum atomic E-state index is -0.0141. The Bertz CT molecular complexity index is 748. The molecule has 1 N–H and O–H groups in total. The lowest BCUT2D eigenvalue weighted by Gasteiger charge is -2.23. The van der Waals surface area contributed by atoms with Crippen LogP contribution in [0.4, 0.5) is 0 Å². The second-order valence-corrected chi connectivity index (χ2v) is 5.36. The summed E-state index contributed by atoms with van der Waals surface area (Å²) in [5.74, 6) is 1.46. The Balaban J connectivity index is 1.69. The third kappa shape index (κ3) is 3.01. The second-order valence-electron chi connectivity index (χ2n) is 5.36. The number of benzene rings is 1. The molecule has 7 nitrogen and oxygen atoms in total. The summed E-state index contributed by atoms with van der Waals surface area (Å²) in [4.78, 5) is 4.68. The minimum Gasteiger partial charge on any atom is -0.376 e. The molecule has 1 aliphatic heterocycles. The molecule has 4 rings (SSSR count). The Labute approximate surface area is 133 Å². The molecular formula is C16H17N5O2. The third-order valence-corrected chi connectivity index (χ3v) is 3.72. The molecule has 0 spiro atoms. The van der Waals surface area contributed by atoms with Gasteiger partial charge in [-0.05, 0) is 0 Å². The number of hydrogen-bond donors (Lipinski definition) is 1. The second kappa shape index (κ2) is 6.31. The van der Waals surface area contributed by atoms with E-state index in [9.17, 15) is 0 Å². The summed E-state index contributed by atoms with van der Waals surface area (Å²) in [6, 6.07) is 9.93. The first-order valence-corrected chi connectivity index (χ1v) is 7.59. The molecule has 0 radical (unpaired) electrons. The zero-order chi connectivity index (χ0) is 15.5. The number of nitrogens with zero attached hydrogens (tertiary/aromatic N) is 4. The lowest BCUT2D eigenvalue weighted by Crippen LogP contribution is -2.32. The van der Waals surface area contributed by atoms with Gasteiger partial charge in [0.05, 0.1) is 38.1 Å². The van der Waals surface area contributed by atoms with E-state index < -0.39 is 0 Å². The molecule has 0 bridgehead atoms. The van der Waals surface area contributed by atoms with Crippen LogP contribution in [0, 0.1) is 0 Å². The molecule has 1 saturated heterocycles. The summed E-state index contributed by atoms with van der Waals surface area (Å²) in [5.41, 5.74) is 1.88. The highest BCUT2D eigenvalue weighted by Gasteiger charge is 2.20. The van der Waals surface area contributed by atoms with Gasteiger partial charge in [-0.1, -0.05) is 30.3 Å². The van der Waals surface area contributed by atoms with Crippen LogP contribution in [0.25, 0.3) is 22.8 Å². The number of hydrogen-bond acceptors (Lipinski definition) is 5. The lowest BCUT2D eigenvalue weighted by molar-refractivity contribution is -0.0944. The van der Waals surface area contributed by atoms with Crippen molar-refractivity contribution in [2.24, 2.45) is 0 Å². The number of ether oxygens (including phenoxy) is 2. The number of H-pyrrole nitrogens is 1. The monoisotopic (exact) mass is 311 g/mol. The maximum absolute atomic E-state index is 5.73. The topological polar surface area (TPSA) is 77.9 Å². The molecule has 3 heterocycles. The van der Waals surface area contributed by atoms with Gasteiger partial charge in [-0.3, -0.25) is 5.10 Å². The van der Waals surface area contributed by atoms with Crippen LogP contribution in [-0.4, -0.2) is 50.9 Å². The van der Waals surface area contributed by atoms with E-state index in [-0.39, 0.29) is 6.10 Å². The molecule has 1 aliphatic rings. The number of nitrogens with one attached hydrogen (secondary N) is 1. The zero-order valence-corrected chi connectivity index (χ0v) is 12.6. The van der Waals surface area contributed by atoms with Crippen LogP contribution in [0.5, 0.6) is 0 Å². The fourth-order valence-corrected chi connectivity index (χ4v) is 2.60. The van der Waals surface area contributed by atoms with Gasteiger partial charge >= 0.3 is 0 Å². The summed E-state index contributed by atoms with van der Waals surface area (Å²) < 4.78 is 13.1. The minimum absolute atomic E-state index is 0.0141. The summed E-state index contributed by atoms with van der Waals surface area (Å²) in [7, 11) is 0. The van der Waals surface area contributed by atoms with Crippen molar-refractivity contribution < 1.29 is 9.47 Å². The van der Waals surface area contributed by atoms with Crippen LogP contribution in [0.2, 0.25) is 0 Å². The van der Waals surface area contributed by atoms with Crippen LogP contribution in [-0.2, 0) is 16.0 Å². The van der Waals surface area contributed by atoms with E-state index in [2.05, 4.69) is 20.3 Å². The Morgan fingerprint density at radius 1 is 1.17 bits per heavy atom. The highest BCUT2D eigenvalue weighted by Crippen LogP contribution is 2.22. The van der Waals surface area contributed by atoms with Crippen molar-refractivity contribution in [1.29, 1.82) is 0 Å². The van der Waals surface area contributed by atoms with E-state index in [4.69, 9.17) is 9.47 Å². The molecule has 1 aromatic carbocycles. The normalized spacial score (nSPS) is 18.2. The van der Waals surface area contributed by atoms with E-state index in [1.807, 2.05) is 41.2 Å². The summed E-state index contributed by atoms with van der Waals surface area (Å²) >= 11 is 0. The van der Waals surface area contributed by atoms with E-state index in [0.29, 0.717) is 32.2 Å². The Morgan fingerprint density at radius 3 is 2.83 bits per heavy atom. The summed E-state index contributed by atoms with van der Waals surface area (Å²) in [6.07, 6.45) is 3.54. The van der Waals surface area contributed by atoms with Crippen molar-refractivity contribution in [2.45, 2.75) is 12.6 Å². The number of rotatable bonds is 4. The van der Waals surface area contributed by atoms with Crippen molar-refractivity contribution in [3.63, 3.8) is 0 Å². The van der Waals surface area contributed by atoms with Gasteiger partial charge in [0.2, 0.25) is 0 Å². The van der Waals surface area contributed by atoms with Crippen LogP contribution in [0.3, 0.4) is 0 Å². The molecule has 0 amide bonds. The quantitative estimate of drug-likeness (QED) is 0.794. The van der Waals surface area contributed by atoms with Crippen molar-refractivity contribution in [3.05, 3.63) is 42.7 Å². The van der Waals surface area contributed by atoms with Gasteiger partial charge in [-0.15, -0.1) is 0 Å². The van der Waals surface area contributed by atoms with Crippen molar-refractivity contribution >= 4 is 0 Å². The average molecular weight is 311 g/mol. The Hall–Kier alpha value is -2.51. The van der Waals surface area contributed by atoms with Gasteiger partial charge in [0.25, 0.3) is 0 Å². The van der Waals surface area contributed by atoms with Crippen LogP contribution >= 0.6 is 0 Å². The van der Waals surface area contributed by atoms with E-state index in [1.165, 1.54) is 0 Å². The summed E-state index contributed by atoms with van der Waals surface area (Å²) in [5, 5.41) is 11.5. The predicted octanol–water partition coefficient (Wildman–Crippen LogP) is 1.75. The van der Waals surface area contributed by atoms with Crippen molar-refractivity contribution in [2.75, 3.05) is 19.8 Å². The standard InChI is InChI=1S/C16H17N5O2/c1-2-4-12(5-3-1)15-19-16(13-8-17-18-9-13)21(20-15)10-14-11-22-6-7-23-14/h1-5,8-9,14H,6-7,10-11H2,(H,17,18)/t14-/m0/s1. The molecular weight excluding hydrogens is 294 g/mol. The molecule has 0 aliphatic carbocycles. The number of aromatic amines is 1. The molecule has 2 aromatic heterocycles. The van der Waals surface area contributed by atoms with E-state index in [1.54, 1.807) is 6.20 Å². The van der Waals surface area contributed by atoms with Crippen molar-refractivity contribution in [3.8, 4) is 22.8 Å². The van der Waals surface area contributed by atoms with Crippen molar-refractivity contribution in [1.82, 2.24) is 25.0 Å². The molecule has 1 atom stereocenters. The molecule has 118 valence electrons. The van der Waals surface area contributed by atoms with Crippen LogP contribution in [0.1, 0.15) is 0 Å². The lowest BCUT2D eigenvalue weighted by atomic mass is 10.2. The fraction of sp³-hybridized carbons (Fsp3) is 0.312. The van der Waals surface area contributed by atoms with Gasteiger partial charge in [-0.25, -0.2) is 9.67 Å². The molecule has 0 unspecified atom stereocenters. The van der Waals surface area contributed by atoms with Crippen LogP contribution < -0.4 is 0 Å². The highest BCUT2D eigenvalue weighted by atomic mass is 16.6. The van der Waals surface area contributed by atoms with Crippen LogP contribution in [0.15, 0.2) is 42.7 Å². The fourth-order valence-electron chi connectivity index (χ4n) is 2.60. The Morgan fingerprint density at radius 2 is 2.09 bits per heavy atom. The molecule has 0 saturated carbocycles. The molecule has 3 aromatic rings. The van der Waals surface area contributed by atoms with Gasteiger partial charge in [0, 0.05) is 11.8 Å². The SMILES string of the molecule is c1ccc(-c2nc(-c3cn[nH]c3)n(C[C@H]3COCCO3)n2)cc1. The largest absolute Gasteiger partial charge is 0.376 e.